The van der Waals surface area contributed by atoms with Crippen LogP contribution in [0.2, 0.25) is 0 Å². The molecule has 1 aliphatic carbocycles. The van der Waals surface area contributed by atoms with Crippen LogP contribution in [0.15, 0.2) is 53.8 Å². The minimum absolute atomic E-state index is 0.0529. The first-order valence-electron chi connectivity index (χ1n) is 7.21. The average molecular weight is 269 g/mol. The fraction of sp³-hybridized carbons (Fsp3) is 0.389. The molecule has 2 rings (SSSR count). The summed E-state index contributed by atoms with van der Waals surface area (Å²) in [6.07, 6.45) is 6.31. The highest BCUT2D eigenvalue weighted by Gasteiger charge is 2.19. The number of Topliss-reactive ketones (excluding diaryl/α,β-unsaturated/α-hetero) is 1. The van der Waals surface area contributed by atoms with E-state index < -0.39 is 0 Å². The number of nitrogens with one attached hydrogen (secondary N) is 1. The van der Waals surface area contributed by atoms with Gasteiger partial charge in [0.2, 0.25) is 0 Å². The molecule has 0 aliphatic heterocycles. The summed E-state index contributed by atoms with van der Waals surface area (Å²) in [6.45, 7) is 6.36. The quantitative estimate of drug-likeness (QED) is 0.846. The molecular weight excluding hydrogens is 246 g/mol. The molecule has 1 aliphatic rings. The van der Waals surface area contributed by atoms with Crippen LogP contribution < -0.4 is 5.32 Å². The van der Waals surface area contributed by atoms with Crippen molar-refractivity contribution in [2.24, 2.45) is 0 Å². The van der Waals surface area contributed by atoms with Crippen molar-refractivity contribution in [2.45, 2.75) is 45.6 Å². The first-order valence-corrected chi connectivity index (χ1v) is 7.21. The third kappa shape index (κ3) is 4.09. The van der Waals surface area contributed by atoms with Crippen LogP contribution in [0, 0.1) is 0 Å². The van der Waals surface area contributed by atoms with Crippen LogP contribution in [0.1, 0.15) is 39.2 Å². The van der Waals surface area contributed by atoms with Gasteiger partial charge in [-0.15, -0.1) is 0 Å². The van der Waals surface area contributed by atoms with E-state index in [0.717, 1.165) is 24.1 Å². The SMILES string of the molecule is CC(C)(C)N/C(Cc1ccccc1)=C1\C=CCCC1=O. The zero-order chi connectivity index (χ0) is 14.6. The number of carbonyl (C=O) groups excluding carboxylic acids is 1. The van der Waals surface area contributed by atoms with Crippen molar-refractivity contribution in [3.8, 4) is 0 Å². The number of hydrogen-bond acceptors (Lipinski definition) is 2. The normalized spacial score (nSPS) is 18.1. The molecule has 0 bridgehead atoms. The minimum atomic E-state index is -0.0529. The molecule has 0 atom stereocenters. The molecule has 2 nitrogen and oxygen atoms in total. The molecular formula is C18H23NO. The minimum Gasteiger partial charge on any atom is -0.383 e. The smallest absolute Gasteiger partial charge is 0.164 e. The number of rotatable bonds is 3. The number of hydrogen-bond donors (Lipinski definition) is 1. The Kier molecular flexibility index (Phi) is 4.43. The van der Waals surface area contributed by atoms with Gasteiger partial charge in [0, 0.05) is 29.7 Å². The molecule has 1 N–H and O–H groups in total. The van der Waals surface area contributed by atoms with Crippen molar-refractivity contribution < 1.29 is 4.79 Å². The molecule has 2 heteroatoms. The highest BCUT2D eigenvalue weighted by Crippen LogP contribution is 2.20. The standard InChI is InChI=1S/C18H23NO/c1-18(2,3)19-16(13-14-9-5-4-6-10-14)15-11-7-8-12-17(15)20/h4-7,9-11,19H,8,12-13H2,1-3H3/b16-15+. The summed E-state index contributed by atoms with van der Waals surface area (Å²) in [6, 6.07) is 10.3. The average Bonchev–Trinajstić information content (AvgIpc) is 2.38. The molecule has 1 aromatic carbocycles. The van der Waals surface area contributed by atoms with Crippen LogP contribution in [0.5, 0.6) is 0 Å². The zero-order valence-corrected chi connectivity index (χ0v) is 12.6. The molecule has 0 fully saturated rings. The Labute approximate surface area is 121 Å². The summed E-state index contributed by atoms with van der Waals surface area (Å²) in [5.74, 6) is 0.246. The highest BCUT2D eigenvalue weighted by molar-refractivity contribution is 5.99. The van der Waals surface area contributed by atoms with E-state index in [2.05, 4.69) is 44.3 Å². The lowest BCUT2D eigenvalue weighted by atomic mass is 9.94. The Morgan fingerprint density at radius 2 is 1.90 bits per heavy atom. The summed E-state index contributed by atoms with van der Waals surface area (Å²) in [5, 5.41) is 3.51. The van der Waals surface area contributed by atoms with Crippen LogP contribution in [-0.2, 0) is 11.2 Å². The van der Waals surface area contributed by atoms with Crippen molar-refractivity contribution in [3.05, 3.63) is 59.3 Å². The van der Waals surface area contributed by atoms with Gasteiger partial charge >= 0.3 is 0 Å². The van der Waals surface area contributed by atoms with Crippen molar-refractivity contribution in [2.75, 3.05) is 0 Å². The molecule has 0 saturated carbocycles. The Morgan fingerprint density at radius 1 is 1.20 bits per heavy atom. The van der Waals surface area contributed by atoms with Gasteiger partial charge in [0.25, 0.3) is 0 Å². The Morgan fingerprint density at radius 3 is 2.50 bits per heavy atom. The fourth-order valence-electron chi connectivity index (χ4n) is 2.37. The summed E-state index contributed by atoms with van der Waals surface area (Å²) < 4.78 is 0. The third-order valence-electron chi connectivity index (χ3n) is 3.20. The largest absolute Gasteiger partial charge is 0.383 e. The topological polar surface area (TPSA) is 29.1 Å². The van der Waals surface area contributed by atoms with Crippen LogP contribution in [-0.4, -0.2) is 11.3 Å². The maximum absolute atomic E-state index is 12.2. The Hall–Kier alpha value is -1.83. The van der Waals surface area contributed by atoms with Crippen molar-refractivity contribution in [1.82, 2.24) is 5.32 Å². The first kappa shape index (κ1) is 14.6. The molecule has 0 saturated heterocycles. The van der Waals surface area contributed by atoms with E-state index in [1.54, 1.807) is 0 Å². The summed E-state index contributed by atoms with van der Waals surface area (Å²) in [7, 11) is 0. The van der Waals surface area contributed by atoms with Gasteiger partial charge in [-0.2, -0.15) is 0 Å². The van der Waals surface area contributed by atoms with Gasteiger partial charge in [0.15, 0.2) is 5.78 Å². The van der Waals surface area contributed by atoms with Crippen LogP contribution >= 0.6 is 0 Å². The Bertz CT molecular complexity index is 532. The van der Waals surface area contributed by atoms with Gasteiger partial charge in [0.05, 0.1) is 0 Å². The number of carbonyl (C=O) groups is 1. The van der Waals surface area contributed by atoms with E-state index >= 15 is 0 Å². The van der Waals surface area contributed by atoms with E-state index in [9.17, 15) is 4.79 Å². The predicted octanol–water partition coefficient (Wildman–Crippen LogP) is 3.79. The maximum atomic E-state index is 12.2. The van der Waals surface area contributed by atoms with E-state index in [-0.39, 0.29) is 11.3 Å². The van der Waals surface area contributed by atoms with E-state index in [4.69, 9.17) is 0 Å². The number of ketones is 1. The second-order valence-electron chi connectivity index (χ2n) is 6.29. The molecule has 0 amide bonds. The second kappa shape index (κ2) is 6.08. The number of benzene rings is 1. The lowest BCUT2D eigenvalue weighted by Crippen LogP contribution is -2.37. The molecule has 0 radical (unpaired) electrons. The highest BCUT2D eigenvalue weighted by atomic mass is 16.1. The van der Waals surface area contributed by atoms with Crippen molar-refractivity contribution in [1.29, 1.82) is 0 Å². The van der Waals surface area contributed by atoms with E-state index in [0.29, 0.717) is 6.42 Å². The second-order valence-corrected chi connectivity index (χ2v) is 6.29. The molecule has 106 valence electrons. The van der Waals surface area contributed by atoms with Crippen LogP contribution in [0.3, 0.4) is 0 Å². The lowest BCUT2D eigenvalue weighted by Gasteiger charge is -2.27. The van der Waals surface area contributed by atoms with Gasteiger partial charge in [0.1, 0.15) is 0 Å². The predicted molar refractivity (Wildman–Crippen MR) is 83.4 cm³/mol. The molecule has 0 unspecified atom stereocenters. The molecule has 20 heavy (non-hydrogen) atoms. The molecule has 0 spiro atoms. The first-order chi connectivity index (χ1) is 9.46. The summed E-state index contributed by atoms with van der Waals surface area (Å²) in [5.41, 5.74) is 3.04. The zero-order valence-electron chi connectivity index (χ0n) is 12.6. The van der Waals surface area contributed by atoms with Gasteiger partial charge in [-0.05, 0) is 32.8 Å². The summed E-state index contributed by atoms with van der Waals surface area (Å²) in [4.78, 5) is 12.2. The van der Waals surface area contributed by atoms with E-state index in [1.165, 1.54) is 5.56 Å². The fourth-order valence-corrected chi connectivity index (χ4v) is 2.37. The van der Waals surface area contributed by atoms with Crippen molar-refractivity contribution >= 4 is 5.78 Å². The van der Waals surface area contributed by atoms with E-state index in [1.807, 2.05) is 24.3 Å². The van der Waals surface area contributed by atoms with Gasteiger partial charge in [-0.1, -0.05) is 42.5 Å². The maximum Gasteiger partial charge on any atom is 0.164 e. The molecule has 1 aromatic rings. The van der Waals surface area contributed by atoms with Crippen molar-refractivity contribution in [3.63, 3.8) is 0 Å². The third-order valence-corrected chi connectivity index (χ3v) is 3.20. The Balaban J connectivity index is 2.34. The number of allylic oxidation sites excluding steroid dienone is 4. The lowest BCUT2D eigenvalue weighted by molar-refractivity contribution is -0.115. The summed E-state index contributed by atoms with van der Waals surface area (Å²) >= 11 is 0. The van der Waals surface area contributed by atoms with Gasteiger partial charge in [-0.25, -0.2) is 0 Å². The van der Waals surface area contributed by atoms with Gasteiger partial charge in [-0.3, -0.25) is 4.79 Å². The molecule has 0 aromatic heterocycles. The molecule has 0 heterocycles. The monoisotopic (exact) mass is 269 g/mol. The van der Waals surface area contributed by atoms with Gasteiger partial charge < -0.3 is 5.32 Å². The van der Waals surface area contributed by atoms with Crippen LogP contribution in [0.4, 0.5) is 0 Å². The van der Waals surface area contributed by atoms with Crippen LogP contribution in [0.25, 0.3) is 0 Å².